The first-order valence-electron chi connectivity index (χ1n) is 10.1. The summed E-state index contributed by atoms with van der Waals surface area (Å²) in [6, 6.07) is 12.4. The molecule has 2 amide bonds. The Morgan fingerprint density at radius 2 is 1.78 bits per heavy atom. The van der Waals surface area contributed by atoms with E-state index in [9.17, 15) is 14.0 Å². The van der Waals surface area contributed by atoms with Crippen molar-refractivity contribution >= 4 is 35.0 Å². The molecule has 2 aromatic carbocycles. The van der Waals surface area contributed by atoms with Crippen molar-refractivity contribution in [3.8, 4) is 0 Å². The highest BCUT2D eigenvalue weighted by atomic mass is 19.1. The molecule has 1 unspecified atom stereocenters. The number of hydrogen-bond donors (Lipinski definition) is 2. The van der Waals surface area contributed by atoms with Crippen molar-refractivity contribution in [1.82, 2.24) is 9.97 Å². The van der Waals surface area contributed by atoms with Gasteiger partial charge in [-0.1, -0.05) is 12.1 Å². The smallest absolute Gasteiger partial charge is 0.255 e. The van der Waals surface area contributed by atoms with Gasteiger partial charge in [-0.2, -0.15) is 4.98 Å². The van der Waals surface area contributed by atoms with E-state index in [0.717, 1.165) is 5.56 Å². The van der Waals surface area contributed by atoms with Crippen molar-refractivity contribution in [2.45, 2.75) is 19.5 Å². The standard InChI is InChI=1S/C23H23FN6O2/c1-14-22(32)30(3)19-13-26-23(28-20(19)29(14)2)25-12-15-4-10-18(11-5-15)27-21(31)16-6-8-17(24)9-7-16/h4-11,13-14H,12H2,1-3H3,(H,27,31)(H,25,26,28). The molecule has 0 aliphatic carbocycles. The Labute approximate surface area is 185 Å². The average molecular weight is 434 g/mol. The van der Waals surface area contributed by atoms with Crippen molar-refractivity contribution in [3.05, 3.63) is 71.7 Å². The van der Waals surface area contributed by atoms with E-state index in [4.69, 9.17) is 0 Å². The topological polar surface area (TPSA) is 90.5 Å². The fraction of sp³-hybridized carbons (Fsp3) is 0.217. The summed E-state index contributed by atoms with van der Waals surface area (Å²) in [4.78, 5) is 36.8. The van der Waals surface area contributed by atoms with Gasteiger partial charge in [0.1, 0.15) is 17.5 Å². The predicted octanol–water partition coefficient (Wildman–Crippen LogP) is 3.28. The zero-order chi connectivity index (χ0) is 22.8. The molecular weight excluding hydrogens is 411 g/mol. The number of likely N-dealkylation sites (N-methyl/N-ethyl adjacent to an activating group) is 2. The third-order valence-corrected chi connectivity index (χ3v) is 5.48. The molecule has 0 fully saturated rings. The van der Waals surface area contributed by atoms with E-state index in [1.807, 2.05) is 31.0 Å². The number of halogens is 1. The number of carbonyl (C=O) groups excluding carboxylic acids is 2. The summed E-state index contributed by atoms with van der Waals surface area (Å²) in [7, 11) is 3.56. The molecule has 4 rings (SSSR count). The van der Waals surface area contributed by atoms with E-state index in [0.29, 0.717) is 35.2 Å². The molecule has 0 bridgehead atoms. The molecule has 32 heavy (non-hydrogen) atoms. The Balaban J connectivity index is 1.39. The zero-order valence-corrected chi connectivity index (χ0v) is 18.0. The summed E-state index contributed by atoms with van der Waals surface area (Å²) < 4.78 is 13.0. The van der Waals surface area contributed by atoms with Gasteiger partial charge in [-0.3, -0.25) is 9.59 Å². The van der Waals surface area contributed by atoms with Crippen LogP contribution < -0.4 is 20.4 Å². The first kappa shape index (κ1) is 21.2. The van der Waals surface area contributed by atoms with Gasteiger partial charge < -0.3 is 20.4 Å². The minimum Gasteiger partial charge on any atom is -0.350 e. The molecule has 2 heterocycles. The molecule has 164 valence electrons. The molecule has 1 aromatic heterocycles. The number of anilines is 4. The second-order valence-electron chi connectivity index (χ2n) is 7.60. The van der Waals surface area contributed by atoms with E-state index in [-0.39, 0.29) is 23.7 Å². The molecule has 9 heteroatoms. The Morgan fingerprint density at radius 3 is 2.47 bits per heavy atom. The van der Waals surface area contributed by atoms with Gasteiger partial charge in [0.2, 0.25) is 11.9 Å². The summed E-state index contributed by atoms with van der Waals surface area (Å²) >= 11 is 0. The third kappa shape index (κ3) is 4.22. The number of amides is 2. The van der Waals surface area contributed by atoms with Crippen LogP contribution in [-0.4, -0.2) is 41.9 Å². The highest BCUT2D eigenvalue weighted by Gasteiger charge is 2.32. The van der Waals surface area contributed by atoms with Crippen LogP contribution in [0.15, 0.2) is 54.7 Å². The lowest BCUT2D eigenvalue weighted by molar-refractivity contribution is -0.119. The van der Waals surface area contributed by atoms with Crippen LogP contribution in [-0.2, 0) is 11.3 Å². The van der Waals surface area contributed by atoms with Gasteiger partial charge >= 0.3 is 0 Å². The van der Waals surface area contributed by atoms with Crippen molar-refractivity contribution < 1.29 is 14.0 Å². The fourth-order valence-electron chi connectivity index (χ4n) is 3.39. The molecule has 2 N–H and O–H groups in total. The van der Waals surface area contributed by atoms with Crippen LogP contribution in [0.25, 0.3) is 0 Å². The maximum atomic E-state index is 13.0. The maximum Gasteiger partial charge on any atom is 0.255 e. The number of carbonyl (C=O) groups is 2. The number of fused-ring (bicyclic) bond motifs is 1. The number of nitrogens with one attached hydrogen (secondary N) is 2. The van der Waals surface area contributed by atoms with E-state index >= 15 is 0 Å². The summed E-state index contributed by atoms with van der Waals surface area (Å²) in [5, 5.41) is 5.97. The number of rotatable bonds is 5. The molecule has 1 aliphatic rings. The van der Waals surface area contributed by atoms with Crippen LogP contribution in [0, 0.1) is 5.82 Å². The Bertz CT molecular complexity index is 1150. The molecule has 8 nitrogen and oxygen atoms in total. The molecule has 1 aliphatic heterocycles. The van der Waals surface area contributed by atoms with Crippen LogP contribution in [0.1, 0.15) is 22.8 Å². The normalized spacial score (nSPS) is 15.4. The van der Waals surface area contributed by atoms with Gasteiger partial charge in [0.15, 0.2) is 5.82 Å². The molecular formula is C23H23FN6O2. The van der Waals surface area contributed by atoms with Crippen molar-refractivity contribution in [3.63, 3.8) is 0 Å². The first-order valence-corrected chi connectivity index (χ1v) is 10.1. The number of nitrogens with zero attached hydrogens (tertiary/aromatic N) is 4. The van der Waals surface area contributed by atoms with Crippen LogP contribution >= 0.6 is 0 Å². The average Bonchev–Trinajstić information content (AvgIpc) is 2.81. The summed E-state index contributed by atoms with van der Waals surface area (Å²) in [6.45, 7) is 2.33. The lowest BCUT2D eigenvalue weighted by Gasteiger charge is -2.36. The van der Waals surface area contributed by atoms with Gasteiger partial charge in [0.25, 0.3) is 5.91 Å². The van der Waals surface area contributed by atoms with E-state index in [1.165, 1.54) is 24.3 Å². The lowest BCUT2D eigenvalue weighted by Crippen LogP contribution is -2.49. The minimum atomic E-state index is -0.386. The van der Waals surface area contributed by atoms with Crippen molar-refractivity contribution in [2.75, 3.05) is 34.5 Å². The number of benzene rings is 2. The molecule has 1 atom stereocenters. The van der Waals surface area contributed by atoms with Gasteiger partial charge in [-0.15, -0.1) is 0 Å². The van der Waals surface area contributed by atoms with E-state index in [1.54, 1.807) is 30.3 Å². The first-order chi connectivity index (χ1) is 15.3. The van der Waals surface area contributed by atoms with E-state index in [2.05, 4.69) is 20.6 Å². The third-order valence-electron chi connectivity index (χ3n) is 5.48. The molecule has 0 spiro atoms. The van der Waals surface area contributed by atoms with Crippen LogP contribution in [0.2, 0.25) is 0 Å². The quantitative estimate of drug-likeness (QED) is 0.641. The minimum absolute atomic E-state index is 0.00378. The molecule has 0 radical (unpaired) electrons. The van der Waals surface area contributed by atoms with Crippen molar-refractivity contribution in [2.24, 2.45) is 0 Å². The summed E-state index contributed by atoms with van der Waals surface area (Å²) in [6.07, 6.45) is 1.64. The summed E-state index contributed by atoms with van der Waals surface area (Å²) in [5.41, 5.74) is 2.66. The highest BCUT2D eigenvalue weighted by Crippen LogP contribution is 2.32. The summed E-state index contributed by atoms with van der Waals surface area (Å²) in [5.74, 6) is 0.453. The Morgan fingerprint density at radius 1 is 1.09 bits per heavy atom. The second-order valence-corrected chi connectivity index (χ2v) is 7.60. The van der Waals surface area contributed by atoms with E-state index < -0.39 is 0 Å². The molecule has 0 saturated heterocycles. The van der Waals surface area contributed by atoms with Crippen molar-refractivity contribution in [1.29, 1.82) is 0 Å². The Hall–Kier alpha value is -4.01. The lowest BCUT2D eigenvalue weighted by atomic mass is 10.1. The molecule has 3 aromatic rings. The predicted molar refractivity (Wildman–Crippen MR) is 121 cm³/mol. The second kappa shape index (κ2) is 8.62. The van der Waals surface area contributed by atoms with Gasteiger partial charge in [0, 0.05) is 31.9 Å². The van der Waals surface area contributed by atoms with Crippen LogP contribution in [0.5, 0.6) is 0 Å². The van der Waals surface area contributed by atoms with Gasteiger partial charge in [0.05, 0.1) is 6.20 Å². The SMILES string of the molecule is CC1C(=O)N(C)c2cnc(NCc3ccc(NC(=O)c4ccc(F)cc4)cc3)nc2N1C. The van der Waals surface area contributed by atoms with Crippen LogP contribution in [0.4, 0.5) is 27.5 Å². The number of aromatic nitrogens is 2. The Kier molecular flexibility index (Phi) is 5.72. The highest BCUT2D eigenvalue weighted by molar-refractivity contribution is 6.04. The maximum absolute atomic E-state index is 13.0. The van der Waals surface area contributed by atoms with Gasteiger partial charge in [-0.25, -0.2) is 9.37 Å². The monoisotopic (exact) mass is 434 g/mol. The molecule has 0 saturated carbocycles. The fourth-order valence-corrected chi connectivity index (χ4v) is 3.39. The number of hydrogen-bond acceptors (Lipinski definition) is 6. The largest absolute Gasteiger partial charge is 0.350 e. The zero-order valence-electron chi connectivity index (χ0n) is 18.0. The van der Waals surface area contributed by atoms with Gasteiger partial charge in [-0.05, 0) is 48.9 Å². The van der Waals surface area contributed by atoms with Crippen LogP contribution in [0.3, 0.4) is 0 Å².